The molecule has 130 valence electrons. The Kier molecular flexibility index (Phi) is 3.63. The standard InChI is InChI=1S/C17H25N5O2/c1-17(2,3)22-14-12(9-18-22)15(23)21-16(20-14)19-11-6-7-24-13(8-11)10-4-5-10/h9-11,13H,4-8H2,1-3H3,(H2,19,20,21,23). The minimum absolute atomic E-state index is 0.149. The fraction of sp³-hybridized carbons (Fsp3) is 0.706. The van der Waals surface area contributed by atoms with Crippen LogP contribution in [0.15, 0.2) is 11.0 Å². The molecule has 0 aromatic carbocycles. The van der Waals surface area contributed by atoms with Crippen molar-refractivity contribution in [3.63, 3.8) is 0 Å². The first-order chi connectivity index (χ1) is 11.4. The number of rotatable bonds is 3. The molecule has 3 heterocycles. The largest absolute Gasteiger partial charge is 0.378 e. The van der Waals surface area contributed by atoms with Gasteiger partial charge in [-0.3, -0.25) is 9.78 Å². The van der Waals surface area contributed by atoms with Gasteiger partial charge in [0.05, 0.1) is 17.8 Å². The van der Waals surface area contributed by atoms with E-state index >= 15 is 0 Å². The number of aromatic nitrogens is 4. The monoisotopic (exact) mass is 331 g/mol. The predicted octanol–water partition coefficient (Wildman–Crippen LogP) is 2.24. The summed E-state index contributed by atoms with van der Waals surface area (Å²) in [7, 11) is 0. The molecule has 2 aromatic heterocycles. The lowest BCUT2D eigenvalue weighted by molar-refractivity contribution is -0.00228. The van der Waals surface area contributed by atoms with Crippen LogP contribution in [0.4, 0.5) is 5.95 Å². The second-order valence-electron chi connectivity index (χ2n) is 7.99. The van der Waals surface area contributed by atoms with Crippen molar-refractivity contribution < 1.29 is 4.74 Å². The number of anilines is 1. The zero-order valence-electron chi connectivity index (χ0n) is 14.5. The number of nitrogens with one attached hydrogen (secondary N) is 2. The van der Waals surface area contributed by atoms with E-state index in [9.17, 15) is 4.79 Å². The Bertz CT molecular complexity index is 799. The Hall–Kier alpha value is -1.89. The summed E-state index contributed by atoms with van der Waals surface area (Å²) < 4.78 is 7.67. The number of ether oxygens (including phenoxy) is 1. The lowest BCUT2D eigenvalue weighted by atomic mass is 10.0. The Morgan fingerprint density at radius 1 is 1.33 bits per heavy atom. The van der Waals surface area contributed by atoms with Crippen LogP contribution in [0, 0.1) is 5.92 Å². The molecule has 7 nitrogen and oxygen atoms in total. The molecule has 2 N–H and O–H groups in total. The SMILES string of the molecule is CC(C)(C)n1ncc2c(=O)[nH]c(NC3CCOC(C4CC4)C3)nc21. The highest BCUT2D eigenvalue weighted by molar-refractivity contribution is 5.74. The third-order valence-corrected chi connectivity index (χ3v) is 4.88. The van der Waals surface area contributed by atoms with Gasteiger partial charge in [-0.25, -0.2) is 4.68 Å². The van der Waals surface area contributed by atoms with E-state index in [1.807, 2.05) is 20.8 Å². The Morgan fingerprint density at radius 3 is 2.83 bits per heavy atom. The van der Waals surface area contributed by atoms with E-state index in [-0.39, 0.29) is 17.1 Å². The summed E-state index contributed by atoms with van der Waals surface area (Å²) in [6.07, 6.45) is 6.42. The number of hydrogen-bond acceptors (Lipinski definition) is 5. The number of nitrogens with zero attached hydrogens (tertiary/aromatic N) is 3. The summed E-state index contributed by atoms with van der Waals surface area (Å²) in [6, 6.07) is 0.288. The van der Waals surface area contributed by atoms with Crippen molar-refractivity contribution in [2.45, 2.75) is 64.1 Å². The molecule has 0 spiro atoms. The molecule has 24 heavy (non-hydrogen) atoms. The molecule has 1 saturated heterocycles. The smallest absolute Gasteiger partial charge is 0.263 e. The zero-order valence-corrected chi connectivity index (χ0v) is 14.5. The van der Waals surface area contributed by atoms with Gasteiger partial charge >= 0.3 is 0 Å². The second-order valence-corrected chi connectivity index (χ2v) is 7.99. The molecular weight excluding hydrogens is 306 g/mol. The van der Waals surface area contributed by atoms with Gasteiger partial charge in [0.25, 0.3) is 5.56 Å². The fourth-order valence-electron chi connectivity index (χ4n) is 3.43. The van der Waals surface area contributed by atoms with Gasteiger partial charge < -0.3 is 10.1 Å². The minimum Gasteiger partial charge on any atom is -0.378 e. The van der Waals surface area contributed by atoms with E-state index in [1.54, 1.807) is 10.9 Å². The first kappa shape index (κ1) is 15.6. The lowest BCUT2D eigenvalue weighted by Crippen LogP contribution is -2.36. The van der Waals surface area contributed by atoms with Crippen LogP contribution < -0.4 is 10.9 Å². The number of fused-ring (bicyclic) bond motifs is 1. The summed E-state index contributed by atoms with van der Waals surface area (Å²) in [5.74, 6) is 1.26. The van der Waals surface area contributed by atoms with Crippen LogP contribution >= 0.6 is 0 Å². The van der Waals surface area contributed by atoms with Crippen LogP contribution in [0.2, 0.25) is 0 Å². The van der Waals surface area contributed by atoms with Crippen molar-refractivity contribution in [1.82, 2.24) is 19.7 Å². The first-order valence-electron chi connectivity index (χ1n) is 8.78. The van der Waals surface area contributed by atoms with Crippen molar-refractivity contribution in [2.24, 2.45) is 5.92 Å². The zero-order chi connectivity index (χ0) is 16.9. The van der Waals surface area contributed by atoms with E-state index in [1.165, 1.54) is 12.8 Å². The van der Waals surface area contributed by atoms with Crippen molar-refractivity contribution in [1.29, 1.82) is 0 Å². The van der Waals surface area contributed by atoms with Crippen molar-refractivity contribution in [3.05, 3.63) is 16.6 Å². The van der Waals surface area contributed by atoms with Gasteiger partial charge in [0.2, 0.25) is 5.95 Å². The first-order valence-corrected chi connectivity index (χ1v) is 8.78. The molecule has 0 radical (unpaired) electrons. The maximum atomic E-state index is 12.4. The van der Waals surface area contributed by atoms with Crippen molar-refractivity contribution in [3.8, 4) is 0 Å². The molecule has 2 aliphatic rings. The topological polar surface area (TPSA) is 84.8 Å². The quantitative estimate of drug-likeness (QED) is 0.901. The lowest BCUT2D eigenvalue weighted by Gasteiger charge is -2.30. The van der Waals surface area contributed by atoms with Crippen LogP contribution in [0.3, 0.4) is 0 Å². The minimum atomic E-state index is -0.227. The van der Waals surface area contributed by atoms with E-state index < -0.39 is 0 Å². The molecule has 2 fully saturated rings. The highest BCUT2D eigenvalue weighted by Crippen LogP contribution is 2.38. The van der Waals surface area contributed by atoms with Crippen LogP contribution in [0.1, 0.15) is 46.5 Å². The Morgan fingerprint density at radius 2 is 2.12 bits per heavy atom. The highest BCUT2D eigenvalue weighted by Gasteiger charge is 2.36. The van der Waals surface area contributed by atoms with Crippen molar-refractivity contribution in [2.75, 3.05) is 11.9 Å². The van der Waals surface area contributed by atoms with Gasteiger partial charge in [-0.05, 0) is 52.4 Å². The van der Waals surface area contributed by atoms with Gasteiger partial charge in [0.1, 0.15) is 5.39 Å². The Labute approximate surface area is 140 Å². The average Bonchev–Trinajstić information content (AvgIpc) is 3.26. The van der Waals surface area contributed by atoms with Gasteiger partial charge in [0.15, 0.2) is 5.65 Å². The molecule has 1 aliphatic carbocycles. The third kappa shape index (κ3) is 2.92. The molecule has 2 aromatic rings. The summed E-state index contributed by atoms with van der Waals surface area (Å²) in [5, 5.41) is 8.28. The van der Waals surface area contributed by atoms with E-state index in [0.29, 0.717) is 23.1 Å². The van der Waals surface area contributed by atoms with E-state index in [2.05, 4.69) is 20.4 Å². The number of hydrogen-bond donors (Lipinski definition) is 2. The van der Waals surface area contributed by atoms with Gasteiger partial charge in [-0.1, -0.05) is 0 Å². The van der Waals surface area contributed by atoms with Crippen LogP contribution in [0.5, 0.6) is 0 Å². The van der Waals surface area contributed by atoms with Gasteiger partial charge in [0, 0.05) is 12.6 Å². The Balaban J connectivity index is 1.61. The number of H-pyrrole nitrogens is 1. The third-order valence-electron chi connectivity index (χ3n) is 4.88. The van der Waals surface area contributed by atoms with E-state index in [0.717, 1.165) is 25.4 Å². The van der Waals surface area contributed by atoms with Gasteiger partial charge in [-0.15, -0.1) is 0 Å². The molecular formula is C17H25N5O2. The predicted molar refractivity (Wildman–Crippen MR) is 92.3 cm³/mol. The maximum Gasteiger partial charge on any atom is 0.263 e. The molecule has 2 unspecified atom stereocenters. The van der Waals surface area contributed by atoms with E-state index in [4.69, 9.17) is 4.74 Å². The summed E-state index contributed by atoms with van der Waals surface area (Å²) in [6.45, 7) is 6.92. The maximum absolute atomic E-state index is 12.4. The summed E-state index contributed by atoms with van der Waals surface area (Å²) in [4.78, 5) is 19.8. The average molecular weight is 331 g/mol. The number of aromatic amines is 1. The second kappa shape index (κ2) is 5.58. The van der Waals surface area contributed by atoms with Crippen LogP contribution in [-0.2, 0) is 10.3 Å². The highest BCUT2D eigenvalue weighted by atomic mass is 16.5. The molecule has 0 amide bonds. The molecule has 1 aliphatic heterocycles. The summed E-state index contributed by atoms with van der Waals surface area (Å²) in [5.41, 5.74) is 0.249. The fourth-order valence-corrected chi connectivity index (χ4v) is 3.43. The molecule has 7 heteroatoms. The van der Waals surface area contributed by atoms with Crippen LogP contribution in [-0.4, -0.2) is 38.5 Å². The normalized spacial score (nSPS) is 25.1. The molecule has 0 bridgehead atoms. The van der Waals surface area contributed by atoms with Crippen LogP contribution in [0.25, 0.3) is 11.0 Å². The molecule has 1 saturated carbocycles. The van der Waals surface area contributed by atoms with Crippen molar-refractivity contribution >= 4 is 17.0 Å². The van der Waals surface area contributed by atoms with Gasteiger partial charge in [-0.2, -0.15) is 10.1 Å². The summed E-state index contributed by atoms with van der Waals surface area (Å²) >= 11 is 0. The molecule has 2 atom stereocenters. The molecule has 4 rings (SSSR count).